The van der Waals surface area contributed by atoms with E-state index in [1.54, 1.807) is 12.3 Å². The standard InChI is InChI=1S/C10H12ClN3/c1-10(2,3)14-9-8(11)7(6-12)4-5-13-9/h4-5H,1-3H3,(H,13,14). The molecule has 1 aromatic rings. The van der Waals surface area contributed by atoms with Crippen molar-refractivity contribution in [3.05, 3.63) is 22.8 Å². The van der Waals surface area contributed by atoms with Crippen molar-refractivity contribution < 1.29 is 0 Å². The van der Waals surface area contributed by atoms with Crippen molar-refractivity contribution in [3.63, 3.8) is 0 Å². The van der Waals surface area contributed by atoms with Gasteiger partial charge in [0, 0.05) is 11.7 Å². The lowest BCUT2D eigenvalue weighted by Gasteiger charge is -2.21. The van der Waals surface area contributed by atoms with E-state index >= 15 is 0 Å². The van der Waals surface area contributed by atoms with Crippen LogP contribution in [-0.2, 0) is 0 Å². The Hall–Kier alpha value is -1.27. The van der Waals surface area contributed by atoms with Crippen LogP contribution in [0.1, 0.15) is 26.3 Å². The lowest BCUT2D eigenvalue weighted by molar-refractivity contribution is 0.630. The van der Waals surface area contributed by atoms with Crippen molar-refractivity contribution in [1.29, 1.82) is 5.26 Å². The van der Waals surface area contributed by atoms with E-state index in [0.29, 0.717) is 16.4 Å². The molecule has 0 bridgehead atoms. The molecule has 0 aliphatic carbocycles. The fourth-order valence-corrected chi connectivity index (χ4v) is 1.17. The second-order valence-electron chi connectivity index (χ2n) is 4.01. The van der Waals surface area contributed by atoms with E-state index in [1.807, 2.05) is 26.8 Å². The third-order valence-corrected chi connectivity index (χ3v) is 1.89. The maximum absolute atomic E-state index is 8.75. The number of nitrogens with zero attached hydrogens (tertiary/aromatic N) is 2. The van der Waals surface area contributed by atoms with E-state index in [0.717, 1.165) is 0 Å². The molecular weight excluding hydrogens is 198 g/mol. The minimum Gasteiger partial charge on any atom is -0.364 e. The van der Waals surface area contributed by atoms with Crippen LogP contribution in [0.25, 0.3) is 0 Å². The number of pyridine rings is 1. The van der Waals surface area contributed by atoms with E-state index in [1.165, 1.54) is 0 Å². The zero-order valence-corrected chi connectivity index (χ0v) is 9.18. The van der Waals surface area contributed by atoms with Crippen molar-refractivity contribution in [2.75, 3.05) is 5.32 Å². The van der Waals surface area contributed by atoms with Gasteiger partial charge in [-0.1, -0.05) is 11.6 Å². The smallest absolute Gasteiger partial charge is 0.146 e. The van der Waals surface area contributed by atoms with E-state index in [4.69, 9.17) is 16.9 Å². The summed E-state index contributed by atoms with van der Waals surface area (Å²) in [4.78, 5) is 4.08. The molecule has 0 spiro atoms. The third kappa shape index (κ3) is 2.61. The van der Waals surface area contributed by atoms with Crippen molar-refractivity contribution >= 4 is 17.4 Å². The molecule has 1 N–H and O–H groups in total. The Morgan fingerprint density at radius 1 is 1.50 bits per heavy atom. The highest BCUT2D eigenvalue weighted by molar-refractivity contribution is 6.34. The molecule has 0 fully saturated rings. The van der Waals surface area contributed by atoms with Crippen molar-refractivity contribution in [1.82, 2.24) is 4.98 Å². The molecule has 0 saturated heterocycles. The lowest BCUT2D eigenvalue weighted by Crippen LogP contribution is -2.26. The summed E-state index contributed by atoms with van der Waals surface area (Å²) in [6.45, 7) is 6.01. The molecule has 4 heteroatoms. The first-order valence-electron chi connectivity index (χ1n) is 4.27. The molecule has 74 valence electrons. The van der Waals surface area contributed by atoms with Crippen LogP contribution in [0.2, 0.25) is 5.02 Å². The Morgan fingerprint density at radius 2 is 2.14 bits per heavy atom. The van der Waals surface area contributed by atoms with Gasteiger partial charge in [0.2, 0.25) is 0 Å². The van der Waals surface area contributed by atoms with Gasteiger partial charge in [0.05, 0.1) is 5.56 Å². The quantitative estimate of drug-likeness (QED) is 0.774. The second-order valence-corrected chi connectivity index (χ2v) is 4.39. The molecule has 0 atom stereocenters. The summed E-state index contributed by atoms with van der Waals surface area (Å²) in [5.41, 5.74) is 0.318. The topological polar surface area (TPSA) is 48.7 Å². The van der Waals surface area contributed by atoms with Gasteiger partial charge in [-0.2, -0.15) is 5.26 Å². The molecule has 1 rings (SSSR count). The minimum atomic E-state index is -0.120. The van der Waals surface area contributed by atoms with E-state index in [9.17, 15) is 0 Å². The lowest BCUT2D eigenvalue weighted by atomic mass is 10.1. The summed E-state index contributed by atoms with van der Waals surface area (Å²) in [6, 6.07) is 3.60. The summed E-state index contributed by atoms with van der Waals surface area (Å²) >= 11 is 5.97. The summed E-state index contributed by atoms with van der Waals surface area (Å²) in [5.74, 6) is 0.554. The van der Waals surface area contributed by atoms with Gasteiger partial charge < -0.3 is 5.32 Å². The third-order valence-electron chi connectivity index (χ3n) is 1.50. The van der Waals surface area contributed by atoms with Crippen LogP contribution in [0, 0.1) is 11.3 Å². The number of nitriles is 1. The van der Waals surface area contributed by atoms with Crippen LogP contribution in [0.4, 0.5) is 5.82 Å². The van der Waals surface area contributed by atoms with Gasteiger partial charge in [-0.3, -0.25) is 0 Å². The predicted molar refractivity (Wildman–Crippen MR) is 57.3 cm³/mol. The predicted octanol–water partition coefficient (Wildman–Crippen LogP) is 2.82. The second kappa shape index (κ2) is 3.85. The van der Waals surface area contributed by atoms with Crippen LogP contribution in [0.15, 0.2) is 12.3 Å². The summed E-state index contributed by atoms with van der Waals surface area (Å²) in [6.07, 6.45) is 1.57. The molecule has 0 aliphatic heterocycles. The molecule has 14 heavy (non-hydrogen) atoms. The molecular formula is C10H12ClN3. The zero-order valence-electron chi connectivity index (χ0n) is 8.43. The number of rotatable bonds is 1. The average molecular weight is 210 g/mol. The molecule has 0 radical (unpaired) electrons. The fourth-order valence-electron chi connectivity index (χ4n) is 0.972. The van der Waals surface area contributed by atoms with Gasteiger partial charge in [-0.05, 0) is 26.8 Å². The molecule has 0 amide bonds. The molecule has 0 saturated carbocycles. The maximum atomic E-state index is 8.75. The number of nitrogens with one attached hydrogen (secondary N) is 1. The zero-order chi connectivity index (χ0) is 10.8. The van der Waals surface area contributed by atoms with Crippen LogP contribution >= 0.6 is 11.6 Å². The highest BCUT2D eigenvalue weighted by Crippen LogP contribution is 2.25. The van der Waals surface area contributed by atoms with Crippen molar-refractivity contribution in [2.45, 2.75) is 26.3 Å². The Kier molecular flexibility index (Phi) is 2.97. The van der Waals surface area contributed by atoms with Gasteiger partial charge in [0.1, 0.15) is 16.9 Å². The first-order valence-corrected chi connectivity index (χ1v) is 4.64. The SMILES string of the molecule is CC(C)(C)Nc1nccc(C#N)c1Cl. The Balaban J connectivity index is 3.06. The Morgan fingerprint density at radius 3 is 2.64 bits per heavy atom. The van der Waals surface area contributed by atoms with E-state index in [-0.39, 0.29) is 5.54 Å². The van der Waals surface area contributed by atoms with Gasteiger partial charge in [0.25, 0.3) is 0 Å². The monoisotopic (exact) mass is 209 g/mol. The highest BCUT2D eigenvalue weighted by atomic mass is 35.5. The number of hydrogen-bond donors (Lipinski definition) is 1. The van der Waals surface area contributed by atoms with Crippen LogP contribution in [0.3, 0.4) is 0 Å². The summed E-state index contributed by atoms with van der Waals surface area (Å²) in [7, 11) is 0. The van der Waals surface area contributed by atoms with Crippen LogP contribution in [0.5, 0.6) is 0 Å². The highest BCUT2D eigenvalue weighted by Gasteiger charge is 2.14. The summed E-state index contributed by atoms with van der Waals surface area (Å²) in [5, 5.41) is 12.3. The number of aromatic nitrogens is 1. The number of halogens is 1. The summed E-state index contributed by atoms with van der Waals surface area (Å²) < 4.78 is 0. The molecule has 0 aromatic carbocycles. The van der Waals surface area contributed by atoms with Crippen LogP contribution < -0.4 is 5.32 Å². The molecule has 0 unspecified atom stereocenters. The van der Waals surface area contributed by atoms with Gasteiger partial charge in [0.15, 0.2) is 0 Å². The largest absolute Gasteiger partial charge is 0.364 e. The first-order chi connectivity index (χ1) is 6.44. The molecule has 1 aromatic heterocycles. The average Bonchev–Trinajstić information content (AvgIpc) is 2.06. The molecule has 0 aliphatic rings. The molecule has 1 heterocycles. The van der Waals surface area contributed by atoms with E-state index in [2.05, 4.69) is 10.3 Å². The Bertz CT molecular complexity index is 374. The molecule has 3 nitrogen and oxygen atoms in total. The fraction of sp³-hybridized carbons (Fsp3) is 0.400. The normalized spacial score (nSPS) is 10.8. The van der Waals surface area contributed by atoms with Gasteiger partial charge in [-0.15, -0.1) is 0 Å². The number of hydrogen-bond acceptors (Lipinski definition) is 3. The van der Waals surface area contributed by atoms with Gasteiger partial charge >= 0.3 is 0 Å². The van der Waals surface area contributed by atoms with Crippen LogP contribution in [-0.4, -0.2) is 10.5 Å². The van der Waals surface area contributed by atoms with Crippen molar-refractivity contribution in [3.8, 4) is 6.07 Å². The Labute approximate surface area is 88.7 Å². The van der Waals surface area contributed by atoms with Crippen molar-refractivity contribution in [2.24, 2.45) is 0 Å². The van der Waals surface area contributed by atoms with Gasteiger partial charge in [-0.25, -0.2) is 4.98 Å². The maximum Gasteiger partial charge on any atom is 0.146 e. The number of anilines is 1. The van der Waals surface area contributed by atoms with E-state index < -0.39 is 0 Å². The minimum absolute atomic E-state index is 0.120. The first kappa shape index (κ1) is 10.8.